The molecule has 4 nitrogen and oxygen atoms in total. The fourth-order valence-corrected chi connectivity index (χ4v) is 2.36. The number of nitrogens with one attached hydrogen (secondary N) is 1. The van der Waals surface area contributed by atoms with E-state index in [2.05, 4.69) is 5.32 Å². The van der Waals surface area contributed by atoms with Crippen molar-refractivity contribution in [2.75, 3.05) is 0 Å². The van der Waals surface area contributed by atoms with Gasteiger partial charge in [0.1, 0.15) is 11.6 Å². The molecule has 3 N–H and O–H groups in total. The normalized spacial score (nSPS) is 25.9. The molecule has 0 aliphatic heterocycles. The number of carbonyl (C=O) groups is 1. The molecule has 1 aliphatic carbocycles. The lowest BCUT2D eigenvalue weighted by atomic mass is 9.81. The molecule has 1 rings (SSSR count). The molecule has 1 atom stereocenters. The highest BCUT2D eigenvalue weighted by molar-refractivity contribution is 5.68. The van der Waals surface area contributed by atoms with Crippen LogP contribution < -0.4 is 11.1 Å². The van der Waals surface area contributed by atoms with Gasteiger partial charge in [-0.2, -0.15) is 13.2 Å². The van der Waals surface area contributed by atoms with E-state index in [1.165, 1.54) is 0 Å². The van der Waals surface area contributed by atoms with Gasteiger partial charge in [-0.05, 0) is 52.4 Å². The Kier molecular flexibility index (Phi) is 5.29. The Morgan fingerprint density at radius 2 is 1.70 bits per heavy atom. The molecule has 0 aromatic rings. The van der Waals surface area contributed by atoms with E-state index in [1.54, 1.807) is 20.8 Å². The molecule has 0 spiro atoms. The van der Waals surface area contributed by atoms with Gasteiger partial charge in [0.15, 0.2) is 0 Å². The van der Waals surface area contributed by atoms with E-state index < -0.39 is 29.8 Å². The van der Waals surface area contributed by atoms with Gasteiger partial charge >= 0.3 is 12.3 Å². The molecule has 0 radical (unpaired) electrons. The van der Waals surface area contributed by atoms with Crippen molar-refractivity contribution >= 4 is 6.09 Å². The van der Waals surface area contributed by atoms with Crippen LogP contribution in [0, 0.1) is 5.92 Å². The second kappa shape index (κ2) is 6.20. The van der Waals surface area contributed by atoms with E-state index >= 15 is 0 Å². The molecular weight excluding hydrogens is 273 g/mol. The minimum Gasteiger partial charge on any atom is -0.444 e. The first kappa shape index (κ1) is 17.1. The summed E-state index contributed by atoms with van der Waals surface area (Å²) in [6, 6.07) is -1.91. The molecule has 1 aliphatic rings. The molecule has 1 fully saturated rings. The average molecular weight is 296 g/mol. The Bertz CT molecular complexity index is 331. The number of hydrogen-bond acceptors (Lipinski definition) is 3. The van der Waals surface area contributed by atoms with Crippen LogP contribution in [-0.4, -0.2) is 30.0 Å². The smallest absolute Gasteiger partial charge is 0.407 e. The molecule has 1 unspecified atom stereocenters. The van der Waals surface area contributed by atoms with Gasteiger partial charge in [0.05, 0.1) is 0 Å². The fraction of sp³-hybridized carbons (Fsp3) is 0.923. The topological polar surface area (TPSA) is 64.3 Å². The Hall–Kier alpha value is -0.980. The number of nitrogens with two attached hydrogens (primary N) is 1. The molecule has 0 aromatic heterocycles. The zero-order valence-corrected chi connectivity index (χ0v) is 12.1. The van der Waals surface area contributed by atoms with E-state index in [-0.39, 0.29) is 6.04 Å². The van der Waals surface area contributed by atoms with E-state index in [9.17, 15) is 18.0 Å². The van der Waals surface area contributed by atoms with Crippen molar-refractivity contribution in [2.45, 2.75) is 70.3 Å². The third kappa shape index (κ3) is 5.56. The lowest BCUT2D eigenvalue weighted by molar-refractivity contribution is -0.161. The maximum atomic E-state index is 12.5. The summed E-state index contributed by atoms with van der Waals surface area (Å²) in [6.07, 6.45) is -3.17. The summed E-state index contributed by atoms with van der Waals surface area (Å²) in [7, 11) is 0. The predicted molar refractivity (Wildman–Crippen MR) is 69.1 cm³/mol. The summed E-state index contributed by atoms with van der Waals surface area (Å²) in [4.78, 5) is 11.6. The molecule has 118 valence electrons. The highest BCUT2D eigenvalue weighted by Crippen LogP contribution is 2.33. The zero-order valence-electron chi connectivity index (χ0n) is 12.1. The molecule has 7 heteroatoms. The van der Waals surface area contributed by atoms with Gasteiger partial charge in [0.2, 0.25) is 0 Å². The second-order valence-corrected chi connectivity index (χ2v) is 6.33. The van der Waals surface area contributed by atoms with Crippen LogP contribution in [0.4, 0.5) is 18.0 Å². The number of halogens is 3. The number of carbonyl (C=O) groups excluding carboxylic acids is 1. The molecule has 20 heavy (non-hydrogen) atoms. The van der Waals surface area contributed by atoms with Gasteiger partial charge < -0.3 is 15.8 Å². The standard InChI is InChI=1S/C13H23F3N2O2/c1-12(2,3)20-11(19)18-9-6-4-8(5-7-9)10(17)13(14,15)16/h8-10H,4-7,17H2,1-3H3,(H,18,19). The number of alkyl halides is 3. The van der Waals surface area contributed by atoms with E-state index in [4.69, 9.17) is 10.5 Å². The number of hydrogen-bond donors (Lipinski definition) is 2. The number of rotatable bonds is 2. The van der Waals surface area contributed by atoms with Crippen LogP contribution in [0.5, 0.6) is 0 Å². The zero-order chi connectivity index (χ0) is 15.6. The van der Waals surface area contributed by atoms with Gasteiger partial charge in [0.25, 0.3) is 0 Å². The number of alkyl carbamates (subject to hydrolysis) is 1. The first-order chi connectivity index (χ1) is 8.99. The fourth-order valence-electron chi connectivity index (χ4n) is 2.36. The van der Waals surface area contributed by atoms with Crippen LogP contribution in [0.25, 0.3) is 0 Å². The van der Waals surface area contributed by atoms with Crippen LogP contribution in [0.1, 0.15) is 46.5 Å². The minimum atomic E-state index is -4.35. The summed E-state index contributed by atoms with van der Waals surface area (Å²) in [5.74, 6) is -0.563. The highest BCUT2D eigenvalue weighted by atomic mass is 19.4. The first-order valence-corrected chi connectivity index (χ1v) is 6.81. The molecule has 0 aromatic carbocycles. The maximum Gasteiger partial charge on any atom is 0.407 e. The van der Waals surface area contributed by atoms with Gasteiger partial charge in [-0.3, -0.25) is 0 Å². The summed E-state index contributed by atoms with van der Waals surface area (Å²) in [5.41, 5.74) is 4.63. The Morgan fingerprint density at radius 1 is 1.20 bits per heavy atom. The second-order valence-electron chi connectivity index (χ2n) is 6.33. The van der Waals surface area contributed by atoms with E-state index in [0.717, 1.165) is 0 Å². The molecular formula is C13H23F3N2O2. The van der Waals surface area contributed by atoms with Crippen molar-refractivity contribution in [2.24, 2.45) is 11.7 Å². The van der Waals surface area contributed by atoms with Gasteiger partial charge in [-0.1, -0.05) is 0 Å². The number of ether oxygens (including phenoxy) is 1. The highest BCUT2D eigenvalue weighted by Gasteiger charge is 2.43. The van der Waals surface area contributed by atoms with E-state index in [1.807, 2.05) is 0 Å². The van der Waals surface area contributed by atoms with Gasteiger partial charge in [-0.25, -0.2) is 4.79 Å². The molecule has 1 amide bonds. The lowest BCUT2D eigenvalue weighted by Gasteiger charge is -2.33. The Labute approximate surface area is 117 Å². The third-order valence-electron chi connectivity index (χ3n) is 3.38. The van der Waals surface area contributed by atoms with Crippen molar-refractivity contribution in [3.8, 4) is 0 Å². The van der Waals surface area contributed by atoms with Gasteiger partial charge in [0, 0.05) is 6.04 Å². The van der Waals surface area contributed by atoms with Crippen LogP contribution in [0.3, 0.4) is 0 Å². The lowest BCUT2D eigenvalue weighted by Crippen LogP contribution is -2.47. The largest absolute Gasteiger partial charge is 0.444 e. The molecule has 0 bridgehead atoms. The Morgan fingerprint density at radius 3 is 2.10 bits per heavy atom. The van der Waals surface area contributed by atoms with Crippen molar-refractivity contribution in [1.82, 2.24) is 5.32 Å². The third-order valence-corrected chi connectivity index (χ3v) is 3.38. The average Bonchev–Trinajstić information content (AvgIpc) is 2.25. The van der Waals surface area contributed by atoms with Crippen molar-refractivity contribution < 1.29 is 22.7 Å². The van der Waals surface area contributed by atoms with Crippen LogP contribution in [0.15, 0.2) is 0 Å². The Balaban J connectivity index is 2.38. The molecule has 0 saturated heterocycles. The van der Waals surface area contributed by atoms with Crippen molar-refractivity contribution in [1.29, 1.82) is 0 Å². The minimum absolute atomic E-state index is 0.137. The molecule has 0 heterocycles. The summed E-state index contributed by atoms with van der Waals surface area (Å²) >= 11 is 0. The van der Waals surface area contributed by atoms with Crippen LogP contribution in [-0.2, 0) is 4.74 Å². The van der Waals surface area contributed by atoms with E-state index in [0.29, 0.717) is 25.7 Å². The van der Waals surface area contributed by atoms with Crippen LogP contribution in [0.2, 0.25) is 0 Å². The number of amides is 1. The van der Waals surface area contributed by atoms with Gasteiger partial charge in [-0.15, -0.1) is 0 Å². The summed E-state index contributed by atoms with van der Waals surface area (Å²) in [5, 5.41) is 2.69. The quantitative estimate of drug-likeness (QED) is 0.823. The van der Waals surface area contributed by atoms with Crippen molar-refractivity contribution in [3.63, 3.8) is 0 Å². The van der Waals surface area contributed by atoms with Crippen molar-refractivity contribution in [3.05, 3.63) is 0 Å². The first-order valence-electron chi connectivity index (χ1n) is 6.81. The maximum absolute atomic E-state index is 12.5. The predicted octanol–water partition coefficient (Wildman–Crippen LogP) is 2.96. The molecule has 1 saturated carbocycles. The summed E-state index contributed by atoms with van der Waals surface area (Å²) in [6.45, 7) is 5.27. The summed E-state index contributed by atoms with van der Waals surface area (Å²) < 4.78 is 42.7. The monoisotopic (exact) mass is 296 g/mol. The van der Waals surface area contributed by atoms with Crippen LogP contribution >= 0.6 is 0 Å². The SMILES string of the molecule is CC(C)(C)OC(=O)NC1CCC(C(N)C(F)(F)F)CC1.